The molecular formula is C7H7BFNO. The number of hydrogen-bond acceptors (Lipinski definition) is 2. The molecule has 56 valence electrons. The Morgan fingerprint density at radius 2 is 2.18 bits per heavy atom. The van der Waals surface area contributed by atoms with Crippen molar-refractivity contribution in [2.75, 3.05) is 5.73 Å². The maximum atomic E-state index is 12.8. The van der Waals surface area contributed by atoms with Crippen LogP contribution in [0.15, 0.2) is 12.1 Å². The molecule has 0 saturated heterocycles. The molecule has 0 aliphatic rings. The molecule has 0 fully saturated rings. The van der Waals surface area contributed by atoms with Crippen LogP contribution >= 0.6 is 0 Å². The Kier molecular flexibility index (Phi) is 2.15. The number of halogens is 1. The number of benzene rings is 1. The van der Waals surface area contributed by atoms with Crippen LogP contribution in [0.4, 0.5) is 10.1 Å². The van der Waals surface area contributed by atoms with Gasteiger partial charge in [0.15, 0.2) is 0 Å². The van der Waals surface area contributed by atoms with Crippen molar-refractivity contribution in [1.29, 1.82) is 0 Å². The molecule has 2 radical (unpaired) electrons. The molecule has 1 aromatic carbocycles. The van der Waals surface area contributed by atoms with Crippen LogP contribution in [0.1, 0.15) is 5.56 Å². The fourth-order valence-corrected chi connectivity index (χ4v) is 0.788. The van der Waals surface area contributed by atoms with Gasteiger partial charge < -0.3 is 10.8 Å². The molecule has 0 aliphatic heterocycles. The minimum absolute atomic E-state index is 0.000278. The van der Waals surface area contributed by atoms with Gasteiger partial charge in [0.25, 0.3) is 0 Å². The Hall–Kier alpha value is -1.03. The summed E-state index contributed by atoms with van der Waals surface area (Å²) < 4.78 is 12.8. The van der Waals surface area contributed by atoms with Crippen molar-refractivity contribution in [1.82, 2.24) is 0 Å². The smallest absolute Gasteiger partial charge is 0.139 e. The van der Waals surface area contributed by atoms with Crippen molar-refractivity contribution in [2.45, 2.75) is 6.61 Å². The molecular weight excluding hydrogens is 144 g/mol. The summed E-state index contributed by atoms with van der Waals surface area (Å²) in [6, 6.07) is 2.87. The van der Waals surface area contributed by atoms with E-state index in [-0.39, 0.29) is 17.8 Å². The van der Waals surface area contributed by atoms with Crippen molar-refractivity contribution in [2.24, 2.45) is 0 Å². The van der Waals surface area contributed by atoms with Gasteiger partial charge in [0, 0.05) is 5.56 Å². The average molecular weight is 151 g/mol. The average Bonchev–Trinajstić information content (AvgIpc) is 2.01. The number of rotatable bonds is 1. The van der Waals surface area contributed by atoms with Crippen molar-refractivity contribution < 1.29 is 9.50 Å². The zero-order valence-corrected chi connectivity index (χ0v) is 5.84. The number of nitrogens with two attached hydrogens (primary N) is 1. The van der Waals surface area contributed by atoms with Gasteiger partial charge in [-0.2, -0.15) is 0 Å². The molecule has 2 nitrogen and oxygen atoms in total. The second kappa shape index (κ2) is 2.92. The number of anilines is 1. The van der Waals surface area contributed by atoms with E-state index in [0.717, 1.165) is 0 Å². The molecule has 4 heteroatoms. The van der Waals surface area contributed by atoms with Gasteiger partial charge in [-0.1, -0.05) is 17.6 Å². The summed E-state index contributed by atoms with van der Waals surface area (Å²) in [5, 5.41) is 8.65. The third-order valence-electron chi connectivity index (χ3n) is 1.47. The molecule has 11 heavy (non-hydrogen) atoms. The molecule has 0 saturated carbocycles. The van der Waals surface area contributed by atoms with Crippen molar-refractivity contribution in [3.63, 3.8) is 0 Å². The van der Waals surface area contributed by atoms with Crippen molar-refractivity contribution >= 4 is 19.0 Å². The highest BCUT2D eigenvalue weighted by atomic mass is 19.1. The lowest BCUT2D eigenvalue weighted by molar-refractivity contribution is 0.282. The van der Waals surface area contributed by atoms with E-state index < -0.39 is 5.82 Å². The highest BCUT2D eigenvalue weighted by molar-refractivity contribution is 6.32. The minimum Gasteiger partial charge on any atom is -0.396 e. The van der Waals surface area contributed by atoms with E-state index in [9.17, 15) is 4.39 Å². The molecule has 3 N–H and O–H groups in total. The van der Waals surface area contributed by atoms with Crippen molar-refractivity contribution in [3.8, 4) is 0 Å². The van der Waals surface area contributed by atoms with Gasteiger partial charge in [-0.05, 0) is 0 Å². The summed E-state index contributed by atoms with van der Waals surface area (Å²) in [6.45, 7) is -0.275. The molecule has 1 aromatic rings. The second-order valence-electron chi connectivity index (χ2n) is 2.20. The fourth-order valence-electron chi connectivity index (χ4n) is 0.788. The Balaban J connectivity index is 3.25. The highest BCUT2D eigenvalue weighted by Gasteiger charge is 2.05. The predicted octanol–water partition coefficient (Wildman–Crippen LogP) is -0.306. The molecule has 1 rings (SSSR count). The van der Waals surface area contributed by atoms with Crippen LogP contribution in [-0.4, -0.2) is 13.0 Å². The van der Waals surface area contributed by atoms with Gasteiger partial charge in [-0.15, -0.1) is 0 Å². The normalized spacial score (nSPS) is 10.0. The summed E-state index contributed by atoms with van der Waals surface area (Å²) in [4.78, 5) is 0. The number of aliphatic hydroxyl groups excluding tert-OH is 1. The Bertz CT molecular complexity index is 277. The molecule has 0 amide bonds. The summed E-state index contributed by atoms with van der Waals surface area (Å²) >= 11 is 0. The monoisotopic (exact) mass is 151 g/mol. The fraction of sp³-hybridized carbons (Fsp3) is 0.143. The summed E-state index contributed by atoms with van der Waals surface area (Å²) in [5.41, 5.74) is 5.56. The number of nitrogen functional groups attached to an aromatic ring is 1. The third-order valence-corrected chi connectivity index (χ3v) is 1.47. The lowest BCUT2D eigenvalue weighted by Gasteiger charge is -2.05. The molecule has 0 bridgehead atoms. The van der Waals surface area contributed by atoms with E-state index in [1.54, 1.807) is 0 Å². The van der Waals surface area contributed by atoms with Gasteiger partial charge >= 0.3 is 0 Å². The Morgan fingerprint density at radius 3 is 2.73 bits per heavy atom. The van der Waals surface area contributed by atoms with E-state index >= 15 is 0 Å². The van der Waals surface area contributed by atoms with Crippen LogP contribution in [0.3, 0.4) is 0 Å². The number of aliphatic hydroxyl groups is 1. The lowest BCUT2D eigenvalue weighted by Crippen LogP contribution is -2.12. The van der Waals surface area contributed by atoms with E-state index in [2.05, 4.69) is 0 Å². The van der Waals surface area contributed by atoms with E-state index in [4.69, 9.17) is 18.7 Å². The second-order valence-corrected chi connectivity index (χ2v) is 2.20. The summed E-state index contributed by atoms with van der Waals surface area (Å²) in [6.07, 6.45) is 0. The van der Waals surface area contributed by atoms with Crippen LogP contribution in [0, 0.1) is 5.82 Å². The molecule has 0 aromatic heterocycles. The Labute approximate surface area is 65.2 Å². The van der Waals surface area contributed by atoms with Gasteiger partial charge in [0.2, 0.25) is 0 Å². The van der Waals surface area contributed by atoms with Crippen LogP contribution in [0.25, 0.3) is 0 Å². The van der Waals surface area contributed by atoms with Crippen LogP contribution in [0.2, 0.25) is 0 Å². The van der Waals surface area contributed by atoms with Crippen LogP contribution < -0.4 is 11.2 Å². The summed E-state index contributed by atoms with van der Waals surface area (Å²) in [7, 11) is 5.21. The molecule has 0 unspecified atom stereocenters. The lowest BCUT2D eigenvalue weighted by atomic mass is 9.93. The molecule has 0 aliphatic carbocycles. The maximum Gasteiger partial charge on any atom is 0.139 e. The van der Waals surface area contributed by atoms with Gasteiger partial charge in [0.05, 0.1) is 12.3 Å². The van der Waals surface area contributed by atoms with Crippen LogP contribution in [0.5, 0.6) is 0 Å². The maximum absolute atomic E-state index is 12.8. The molecule has 0 atom stereocenters. The molecule has 0 spiro atoms. The first kappa shape index (κ1) is 8.08. The van der Waals surface area contributed by atoms with Gasteiger partial charge in [-0.3, -0.25) is 0 Å². The van der Waals surface area contributed by atoms with E-state index in [0.29, 0.717) is 5.56 Å². The van der Waals surface area contributed by atoms with Gasteiger partial charge in [0.1, 0.15) is 13.7 Å². The highest BCUT2D eigenvalue weighted by Crippen LogP contribution is 2.12. The van der Waals surface area contributed by atoms with E-state index in [1.807, 2.05) is 0 Å². The Morgan fingerprint density at radius 1 is 1.55 bits per heavy atom. The van der Waals surface area contributed by atoms with Crippen LogP contribution in [-0.2, 0) is 6.61 Å². The first-order chi connectivity index (χ1) is 5.16. The van der Waals surface area contributed by atoms with Gasteiger partial charge in [-0.25, -0.2) is 4.39 Å². The minimum atomic E-state index is -0.656. The first-order valence-corrected chi connectivity index (χ1v) is 3.10. The third kappa shape index (κ3) is 1.35. The SMILES string of the molecule is [B]c1ccc(CO)c(N)c1F. The van der Waals surface area contributed by atoms with Crippen molar-refractivity contribution in [3.05, 3.63) is 23.5 Å². The quantitative estimate of drug-likeness (QED) is 0.427. The largest absolute Gasteiger partial charge is 0.396 e. The van der Waals surface area contributed by atoms with E-state index in [1.165, 1.54) is 12.1 Å². The first-order valence-electron chi connectivity index (χ1n) is 3.10. The number of hydrogen-bond donors (Lipinski definition) is 2. The summed E-state index contributed by atoms with van der Waals surface area (Å²) in [5.74, 6) is -0.656. The zero-order valence-electron chi connectivity index (χ0n) is 5.84. The predicted molar refractivity (Wildman–Crippen MR) is 42.1 cm³/mol. The standard InChI is InChI=1S/C7H7BFNO/c8-5-2-1-4(3-11)7(10)6(5)9/h1-2,11H,3,10H2. The topological polar surface area (TPSA) is 46.2 Å². The zero-order chi connectivity index (χ0) is 8.43. The molecule has 0 heterocycles.